The molecular weight excluding hydrogens is 274 g/mol. The van der Waals surface area contributed by atoms with Crippen LogP contribution >= 0.6 is 15.9 Å². The minimum absolute atomic E-state index is 0.265. The van der Waals surface area contributed by atoms with Gasteiger partial charge in [0.1, 0.15) is 11.8 Å². The van der Waals surface area contributed by atoms with Crippen molar-refractivity contribution in [2.45, 2.75) is 13.0 Å². The molecule has 1 atom stereocenters. The van der Waals surface area contributed by atoms with E-state index in [0.29, 0.717) is 5.75 Å². The van der Waals surface area contributed by atoms with Gasteiger partial charge in [-0.3, -0.25) is 5.41 Å². The summed E-state index contributed by atoms with van der Waals surface area (Å²) in [5.41, 5.74) is 5.11. The minimum atomic E-state index is -0.656. The van der Waals surface area contributed by atoms with E-state index in [2.05, 4.69) is 21.2 Å². The summed E-state index contributed by atoms with van der Waals surface area (Å²) in [4.78, 5) is 11.5. The lowest BCUT2D eigenvalue weighted by Crippen LogP contribution is -2.43. The number of nitrogens with one attached hydrogen (secondary N) is 2. The van der Waals surface area contributed by atoms with Gasteiger partial charge in [0.15, 0.2) is 5.96 Å². The van der Waals surface area contributed by atoms with Crippen molar-refractivity contribution in [2.24, 2.45) is 5.73 Å². The maximum absolute atomic E-state index is 11.5. The second-order valence-electron chi connectivity index (χ2n) is 3.16. The van der Waals surface area contributed by atoms with Gasteiger partial charge in [-0.1, -0.05) is 22.0 Å². The summed E-state index contributed by atoms with van der Waals surface area (Å²) in [6, 6.07) is 6.28. The predicted molar refractivity (Wildman–Crippen MR) is 64.3 cm³/mol. The molecule has 0 bridgehead atoms. The first kappa shape index (κ1) is 12.5. The monoisotopic (exact) mass is 285 g/mol. The normalized spacial score (nSPS) is 11.6. The van der Waals surface area contributed by atoms with Gasteiger partial charge in [0, 0.05) is 4.47 Å². The fraction of sp³-hybridized carbons (Fsp3) is 0.200. The highest BCUT2D eigenvalue weighted by atomic mass is 79.9. The highest BCUT2D eigenvalue weighted by Crippen LogP contribution is 2.18. The zero-order valence-electron chi connectivity index (χ0n) is 8.66. The zero-order valence-corrected chi connectivity index (χ0v) is 10.2. The number of rotatable bonds is 3. The number of nitrogens with two attached hydrogens (primary N) is 1. The molecule has 4 N–H and O–H groups in total. The third-order valence-electron chi connectivity index (χ3n) is 1.74. The Morgan fingerprint density at radius 2 is 2.31 bits per heavy atom. The highest BCUT2D eigenvalue weighted by Gasteiger charge is 2.15. The van der Waals surface area contributed by atoms with Gasteiger partial charge in [-0.25, -0.2) is 4.79 Å². The molecule has 5 nitrogen and oxygen atoms in total. The highest BCUT2D eigenvalue weighted by molar-refractivity contribution is 9.10. The molecule has 6 heteroatoms. The first-order chi connectivity index (χ1) is 7.49. The van der Waals surface area contributed by atoms with Gasteiger partial charge >= 0.3 is 5.97 Å². The number of hydrogen-bond donors (Lipinski definition) is 3. The molecule has 0 aliphatic heterocycles. The van der Waals surface area contributed by atoms with Crippen molar-refractivity contribution in [1.29, 1.82) is 5.41 Å². The average molecular weight is 286 g/mol. The van der Waals surface area contributed by atoms with Crippen molar-refractivity contribution < 1.29 is 9.53 Å². The van der Waals surface area contributed by atoms with Crippen LogP contribution in [-0.2, 0) is 4.79 Å². The standard InChI is InChI=1S/C10H12BrN3O2/c1-6(14-10(12)13)9(15)16-8-4-2-3-7(11)5-8/h2-6H,1H3,(H4,12,13,14). The summed E-state index contributed by atoms with van der Waals surface area (Å²) in [6.07, 6.45) is 0. The number of carbonyl (C=O) groups is 1. The van der Waals surface area contributed by atoms with E-state index < -0.39 is 12.0 Å². The Kier molecular flexibility index (Phi) is 4.30. The Bertz CT molecular complexity index is 409. The van der Waals surface area contributed by atoms with Crippen LogP contribution in [0.25, 0.3) is 0 Å². The van der Waals surface area contributed by atoms with Gasteiger partial charge < -0.3 is 15.8 Å². The molecule has 16 heavy (non-hydrogen) atoms. The maximum Gasteiger partial charge on any atom is 0.333 e. The molecule has 0 aliphatic carbocycles. The number of benzene rings is 1. The Labute approximate surface area is 102 Å². The predicted octanol–water partition coefficient (Wildman–Crippen LogP) is 1.23. The molecule has 0 heterocycles. The van der Waals surface area contributed by atoms with Crippen LogP contribution in [0.1, 0.15) is 6.92 Å². The fourth-order valence-corrected chi connectivity index (χ4v) is 1.41. The summed E-state index contributed by atoms with van der Waals surface area (Å²) in [5, 5.41) is 9.44. The number of hydrogen-bond acceptors (Lipinski definition) is 3. The van der Waals surface area contributed by atoms with Crippen molar-refractivity contribution in [1.82, 2.24) is 5.32 Å². The summed E-state index contributed by atoms with van der Waals surface area (Å²) >= 11 is 3.27. The summed E-state index contributed by atoms with van der Waals surface area (Å²) in [5.74, 6) is -0.316. The van der Waals surface area contributed by atoms with E-state index in [1.54, 1.807) is 25.1 Å². The molecule has 0 radical (unpaired) electrons. The Morgan fingerprint density at radius 3 is 2.88 bits per heavy atom. The van der Waals surface area contributed by atoms with Gasteiger partial charge in [-0.05, 0) is 25.1 Å². The lowest BCUT2D eigenvalue weighted by atomic mass is 10.3. The molecule has 0 spiro atoms. The second kappa shape index (κ2) is 5.50. The Morgan fingerprint density at radius 1 is 1.62 bits per heavy atom. The molecule has 0 fully saturated rings. The van der Waals surface area contributed by atoms with Gasteiger partial charge in [0.25, 0.3) is 0 Å². The number of esters is 1. The quantitative estimate of drug-likeness (QED) is 0.337. The van der Waals surface area contributed by atoms with Crippen molar-refractivity contribution in [3.8, 4) is 5.75 Å². The van der Waals surface area contributed by atoms with E-state index >= 15 is 0 Å². The van der Waals surface area contributed by atoms with Crippen LogP contribution in [0.5, 0.6) is 5.75 Å². The topological polar surface area (TPSA) is 88.2 Å². The molecule has 0 saturated heterocycles. The smallest absolute Gasteiger partial charge is 0.333 e. The third-order valence-corrected chi connectivity index (χ3v) is 2.23. The summed E-state index contributed by atoms with van der Waals surface area (Å²) < 4.78 is 5.90. The summed E-state index contributed by atoms with van der Waals surface area (Å²) in [7, 11) is 0. The van der Waals surface area contributed by atoms with Crippen LogP contribution < -0.4 is 15.8 Å². The lowest BCUT2D eigenvalue weighted by Gasteiger charge is -2.12. The van der Waals surface area contributed by atoms with E-state index in [1.165, 1.54) is 0 Å². The van der Waals surface area contributed by atoms with Crippen LogP contribution in [0.15, 0.2) is 28.7 Å². The van der Waals surface area contributed by atoms with E-state index in [4.69, 9.17) is 15.9 Å². The van der Waals surface area contributed by atoms with Gasteiger partial charge in [-0.15, -0.1) is 0 Å². The maximum atomic E-state index is 11.5. The largest absolute Gasteiger partial charge is 0.425 e. The Balaban J connectivity index is 2.60. The first-order valence-corrected chi connectivity index (χ1v) is 5.36. The molecule has 0 aromatic heterocycles. The van der Waals surface area contributed by atoms with E-state index in [9.17, 15) is 4.79 Å². The SMILES string of the molecule is CC(NC(=N)N)C(=O)Oc1cccc(Br)c1. The fourth-order valence-electron chi connectivity index (χ4n) is 1.03. The van der Waals surface area contributed by atoms with Crippen molar-refractivity contribution in [3.05, 3.63) is 28.7 Å². The number of halogens is 1. The van der Waals surface area contributed by atoms with Crippen LogP contribution in [0.3, 0.4) is 0 Å². The molecule has 1 aromatic rings. The Hall–Kier alpha value is -1.56. The molecule has 86 valence electrons. The van der Waals surface area contributed by atoms with Crippen LogP contribution in [0, 0.1) is 5.41 Å². The van der Waals surface area contributed by atoms with Gasteiger partial charge in [0.05, 0.1) is 0 Å². The second-order valence-corrected chi connectivity index (χ2v) is 4.07. The van der Waals surface area contributed by atoms with Crippen LogP contribution in [-0.4, -0.2) is 18.0 Å². The molecule has 0 amide bonds. The van der Waals surface area contributed by atoms with Crippen molar-refractivity contribution in [2.75, 3.05) is 0 Å². The van der Waals surface area contributed by atoms with Crippen molar-refractivity contribution in [3.63, 3.8) is 0 Å². The van der Waals surface area contributed by atoms with E-state index in [0.717, 1.165) is 4.47 Å². The zero-order chi connectivity index (χ0) is 12.1. The first-order valence-electron chi connectivity index (χ1n) is 4.57. The van der Waals surface area contributed by atoms with Gasteiger partial charge in [-0.2, -0.15) is 0 Å². The third kappa shape index (κ3) is 3.90. The number of guanidine groups is 1. The molecule has 1 rings (SSSR count). The minimum Gasteiger partial charge on any atom is -0.425 e. The van der Waals surface area contributed by atoms with Gasteiger partial charge in [0.2, 0.25) is 0 Å². The average Bonchev–Trinajstić information content (AvgIpc) is 2.16. The molecular formula is C10H12BrN3O2. The number of ether oxygens (including phenoxy) is 1. The van der Waals surface area contributed by atoms with E-state index in [1.807, 2.05) is 6.07 Å². The molecule has 1 aromatic carbocycles. The lowest BCUT2D eigenvalue weighted by molar-refractivity contribution is -0.135. The molecule has 1 unspecified atom stereocenters. The summed E-state index contributed by atoms with van der Waals surface area (Å²) in [6.45, 7) is 1.57. The van der Waals surface area contributed by atoms with Crippen LogP contribution in [0.4, 0.5) is 0 Å². The van der Waals surface area contributed by atoms with E-state index in [-0.39, 0.29) is 5.96 Å². The number of carbonyl (C=O) groups excluding carboxylic acids is 1. The molecule has 0 aliphatic rings. The van der Waals surface area contributed by atoms with Crippen LogP contribution in [0.2, 0.25) is 0 Å². The molecule has 0 saturated carbocycles. The van der Waals surface area contributed by atoms with Crippen molar-refractivity contribution >= 4 is 27.9 Å².